The average molecular weight is 562 g/mol. The number of benzene rings is 8. The lowest BCUT2D eigenvalue weighted by atomic mass is 9.96. The number of hydrogen-bond donors (Lipinski definition) is 0. The zero-order valence-corrected chi connectivity index (χ0v) is 23.9. The lowest BCUT2D eigenvalue weighted by Crippen LogP contribution is -2.11. The van der Waals surface area contributed by atoms with E-state index in [-0.39, 0.29) is 0 Å². The summed E-state index contributed by atoms with van der Waals surface area (Å²) < 4.78 is 6.35. The summed E-state index contributed by atoms with van der Waals surface area (Å²) in [5.74, 6) is 0. The van der Waals surface area contributed by atoms with Crippen LogP contribution in [-0.4, -0.2) is 0 Å². The molecule has 0 atom stereocenters. The lowest BCUT2D eigenvalue weighted by Gasteiger charge is -2.29. The van der Waals surface area contributed by atoms with Crippen molar-refractivity contribution in [3.63, 3.8) is 0 Å². The van der Waals surface area contributed by atoms with Crippen molar-refractivity contribution in [2.45, 2.75) is 0 Å². The van der Waals surface area contributed by atoms with Gasteiger partial charge in [-0.15, -0.1) is 0 Å². The van der Waals surface area contributed by atoms with Crippen molar-refractivity contribution in [3.05, 3.63) is 164 Å². The van der Waals surface area contributed by atoms with Gasteiger partial charge in [0.1, 0.15) is 11.2 Å². The third-order valence-corrected chi connectivity index (χ3v) is 8.80. The minimum absolute atomic E-state index is 0.900. The summed E-state index contributed by atoms with van der Waals surface area (Å²) in [7, 11) is 0. The fourth-order valence-corrected chi connectivity index (χ4v) is 6.75. The Hall–Kier alpha value is -5.86. The van der Waals surface area contributed by atoms with E-state index in [9.17, 15) is 0 Å². The molecular formula is C42H27NO. The van der Waals surface area contributed by atoms with Gasteiger partial charge in [-0.25, -0.2) is 0 Å². The number of anilines is 3. The number of hydrogen-bond acceptors (Lipinski definition) is 2. The van der Waals surface area contributed by atoms with Crippen LogP contribution in [0.4, 0.5) is 17.1 Å². The predicted molar refractivity (Wildman–Crippen MR) is 186 cm³/mol. The maximum absolute atomic E-state index is 6.35. The quantitative estimate of drug-likeness (QED) is 0.199. The van der Waals surface area contributed by atoms with Crippen LogP contribution in [0.2, 0.25) is 0 Å². The SMILES string of the molecule is c1ccc(N(c2ccccc2-c2ccc3oc4cc5ccccc5cc4c3c2)c2cc3ccccc3c3ccccc23)cc1. The zero-order valence-electron chi connectivity index (χ0n) is 23.9. The first-order valence-corrected chi connectivity index (χ1v) is 15.0. The molecule has 0 radical (unpaired) electrons. The van der Waals surface area contributed by atoms with Crippen LogP contribution in [0.5, 0.6) is 0 Å². The van der Waals surface area contributed by atoms with Crippen molar-refractivity contribution in [3.8, 4) is 11.1 Å². The number of para-hydroxylation sites is 2. The fourth-order valence-electron chi connectivity index (χ4n) is 6.75. The van der Waals surface area contributed by atoms with E-state index in [2.05, 4.69) is 169 Å². The largest absolute Gasteiger partial charge is 0.456 e. The Kier molecular flexibility index (Phi) is 5.54. The summed E-state index contributed by atoms with van der Waals surface area (Å²) >= 11 is 0. The Bertz CT molecular complexity index is 2510. The second-order valence-electron chi connectivity index (χ2n) is 11.4. The molecule has 1 heterocycles. The van der Waals surface area contributed by atoms with Crippen LogP contribution in [0.25, 0.3) is 65.4 Å². The van der Waals surface area contributed by atoms with E-state index in [0.717, 1.165) is 50.1 Å². The number of rotatable bonds is 4. The highest BCUT2D eigenvalue weighted by Gasteiger charge is 2.20. The molecular weight excluding hydrogens is 534 g/mol. The first-order chi connectivity index (χ1) is 21.8. The molecule has 206 valence electrons. The van der Waals surface area contributed by atoms with Crippen molar-refractivity contribution < 1.29 is 4.42 Å². The van der Waals surface area contributed by atoms with Gasteiger partial charge in [0, 0.05) is 27.4 Å². The van der Waals surface area contributed by atoms with Crippen LogP contribution < -0.4 is 4.90 Å². The minimum Gasteiger partial charge on any atom is -0.456 e. The monoisotopic (exact) mass is 561 g/mol. The summed E-state index contributed by atoms with van der Waals surface area (Å²) in [6, 6.07) is 58.6. The highest BCUT2D eigenvalue weighted by atomic mass is 16.3. The molecule has 0 aliphatic carbocycles. The molecule has 0 saturated heterocycles. The van der Waals surface area contributed by atoms with E-state index >= 15 is 0 Å². The topological polar surface area (TPSA) is 16.4 Å². The Morgan fingerprint density at radius 2 is 1.00 bits per heavy atom. The van der Waals surface area contributed by atoms with E-state index in [4.69, 9.17) is 4.42 Å². The molecule has 9 rings (SSSR count). The lowest BCUT2D eigenvalue weighted by molar-refractivity contribution is 0.669. The van der Waals surface area contributed by atoms with Crippen LogP contribution in [0, 0.1) is 0 Å². The molecule has 8 aromatic carbocycles. The molecule has 0 N–H and O–H groups in total. The molecule has 2 nitrogen and oxygen atoms in total. The van der Waals surface area contributed by atoms with E-state index < -0.39 is 0 Å². The van der Waals surface area contributed by atoms with Gasteiger partial charge in [0.25, 0.3) is 0 Å². The van der Waals surface area contributed by atoms with E-state index in [0.29, 0.717) is 0 Å². The average Bonchev–Trinajstić information content (AvgIpc) is 3.44. The normalized spacial score (nSPS) is 11.6. The summed E-state index contributed by atoms with van der Waals surface area (Å²) in [5.41, 5.74) is 7.51. The van der Waals surface area contributed by atoms with Crippen molar-refractivity contribution in [2.24, 2.45) is 0 Å². The molecule has 2 heteroatoms. The van der Waals surface area contributed by atoms with Gasteiger partial charge < -0.3 is 9.32 Å². The molecule has 0 fully saturated rings. The predicted octanol–water partition coefficient (Wildman–Crippen LogP) is 12.2. The van der Waals surface area contributed by atoms with Crippen molar-refractivity contribution in [1.82, 2.24) is 0 Å². The molecule has 0 aliphatic heterocycles. The van der Waals surface area contributed by atoms with Gasteiger partial charge in [-0.2, -0.15) is 0 Å². The van der Waals surface area contributed by atoms with E-state index in [1.165, 1.54) is 32.3 Å². The second-order valence-corrected chi connectivity index (χ2v) is 11.4. The fraction of sp³-hybridized carbons (Fsp3) is 0. The maximum Gasteiger partial charge on any atom is 0.136 e. The number of fused-ring (bicyclic) bond motifs is 7. The number of furan rings is 1. The first kappa shape index (κ1) is 24.7. The second kappa shape index (κ2) is 9.86. The maximum atomic E-state index is 6.35. The minimum atomic E-state index is 0.900. The highest BCUT2D eigenvalue weighted by Crippen LogP contribution is 2.46. The molecule has 44 heavy (non-hydrogen) atoms. The summed E-state index contributed by atoms with van der Waals surface area (Å²) in [4.78, 5) is 2.41. The van der Waals surface area contributed by atoms with Crippen LogP contribution in [0.3, 0.4) is 0 Å². The molecule has 0 unspecified atom stereocenters. The zero-order chi connectivity index (χ0) is 29.0. The molecule has 9 aromatic rings. The van der Waals surface area contributed by atoms with Crippen molar-refractivity contribution in [1.29, 1.82) is 0 Å². The van der Waals surface area contributed by atoms with Gasteiger partial charge in [-0.1, -0.05) is 115 Å². The Labute approximate surface area is 255 Å². The number of nitrogens with zero attached hydrogens (tertiary/aromatic N) is 1. The summed E-state index contributed by atoms with van der Waals surface area (Å²) in [5, 5.41) is 9.61. The summed E-state index contributed by atoms with van der Waals surface area (Å²) in [6.07, 6.45) is 0. The van der Waals surface area contributed by atoms with Crippen LogP contribution in [0.15, 0.2) is 168 Å². The van der Waals surface area contributed by atoms with Gasteiger partial charge in [-0.05, 0) is 81.0 Å². The van der Waals surface area contributed by atoms with Crippen LogP contribution >= 0.6 is 0 Å². The molecule has 0 spiro atoms. The standard InChI is InChI=1S/C42H27NO/c1-2-15-32(16-3-1)43(40-26-30-14-6-7-17-33(30)35-19-8-9-20-36(35)40)39-21-11-10-18-34(39)31-22-23-41-37(25-31)38-24-28-12-4-5-13-29(28)27-42(38)44-41/h1-27H. The Balaban J connectivity index is 1.30. The van der Waals surface area contributed by atoms with E-state index in [1.54, 1.807) is 0 Å². The van der Waals surface area contributed by atoms with Gasteiger partial charge in [0.15, 0.2) is 0 Å². The molecule has 0 aliphatic rings. The van der Waals surface area contributed by atoms with Crippen LogP contribution in [-0.2, 0) is 0 Å². The smallest absolute Gasteiger partial charge is 0.136 e. The molecule has 0 saturated carbocycles. The van der Waals surface area contributed by atoms with Crippen molar-refractivity contribution in [2.75, 3.05) is 4.90 Å². The Morgan fingerprint density at radius 3 is 1.84 bits per heavy atom. The first-order valence-electron chi connectivity index (χ1n) is 15.0. The summed E-state index contributed by atoms with van der Waals surface area (Å²) in [6.45, 7) is 0. The molecule has 1 aromatic heterocycles. The highest BCUT2D eigenvalue weighted by molar-refractivity contribution is 6.15. The van der Waals surface area contributed by atoms with Gasteiger partial charge in [0.2, 0.25) is 0 Å². The van der Waals surface area contributed by atoms with E-state index in [1.807, 2.05) is 0 Å². The van der Waals surface area contributed by atoms with Gasteiger partial charge in [0.05, 0.1) is 11.4 Å². The third kappa shape index (κ3) is 3.89. The molecule has 0 bridgehead atoms. The third-order valence-electron chi connectivity index (χ3n) is 8.80. The van der Waals surface area contributed by atoms with Gasteiger partial charge >= 0.3 is 0 Å². The Morgan fingerprint density at radius 1 is 0.364 bits per heavy atom. The van der Waals surface area contributed by atoms with Crippen molar-refractivity contribution >= 4 is 71.3 Å². The van der Waals surface area contributed by atoms with Gasteiger partial charge in [-0.3, -0.25) is 0 Å². The van der Waals surface area contributed by atoms with Crippen LogP contribution in [0.1, 0.15) is 0 Å². The molecule has 0 amide bonds.